The smallest absolute Gasteiger partial charge is 0.218 e. The van der Waals surface area contributed by atoms with E-state index in [2.05, 4.69) is 6.92 Å². The summed E-state index contributed by atoms with van der Waals surface area (Å²) in [6.07, 6.45) is 3.03. The Bertz CT molecular complexity index is 468. The second-order valence-electron chi connectivity index (χ2n) is 4.76. The summed E-state index contributed by atoms with van der Waals surface area (Å²) < 4.78 is 25.7. The van der Waals surface area contributed by atoms with Gasteiger partial charge < -0.3 is 5.11 Å². The van der Waals surface area contributed by atoms with E-state index < -0.39 is 10.0 Å². The van der Waals surface area contributed by atoms with Crippen LogP contribution in [-0.4, -0.2) is 31.4 Å². The summed E-state index contributed by atoms with van der Waals surface area (Å²) in [5.74, 6) is 0.0152. The lowest BCUT2D eigenvalue weighted by Crippen LogP contribution is -2.29. The Balaban J connectivity index is 2.62. The fourth-order valence-corrected chi connectivity index (χ4v) is 3.03. The van der Waals surface area contributed by atoms with E-state index in [0.29, 0.717) is 6.54 Å². The molecule has 1 N–H and O–H groups in total. The van der Waals surface area contributed by atoms with Crippen LogP contribution in [0.1, 0.15) is 37.3 Å². The van der Waals surface area contributed by atoms with Crippen LogP contribution in [0, 0.1) is 0 Å². The van der Waals surface area contributed by atoms with Crippen LogP contribution in [0.25, 0.3) is 0 Å². The van der Waals surface area contributed by atoms with Crippen LogP contribution in [0.4, 0.5) is 0 Å². The maximum Gasteiger partial charge on any atom is 0.218 e. The van der Waals surface area contributed by atoms with E-state index in [0.717, 1.165) is 30.4 Å². The Morgan fingerprint density at radius 3 is 2.21 bits per heavy atom. The number of aliphatic hydroxyl groups is 1. The van der Waals surface area contributed by atoms with Crippen LogP contribution in [0.5, 0.6) is 0 Å². The monoisotopic (exact) mass is 285 g/mol. The van der Waals surface area contributed by atoms with Gasteiger partial charge in [0.25, 0.3) is 0 Å². The predicted molar refractivity (Wildman–Crippen MR) is 77.1 cm³/mol. The summed E-state index contributed by atoms with van der Waals surface area (Å²) in [5, 5.41) is 8.94. The number of rotatable bonds is 8. The number of sulfonamides is 1. The minimum absolute atomic E-state index is 0.0152. The van der Waals surface area contributed by atoms with Gasteiger partial charge in [0.05, 0.1) is 12.4 Å². The number of nitrogens with zero attached hydrogens (tertiary/aromatic N) is 1. The Kier molecular flexibility index (Phi) is 6.48. The largest absolute Gasteiger partial charge is 0.392 e. The first kappa shape index (κ1) is 16.1. The molecule has 0 heterocycles. The summed E-state index contributed by atoms with van der Waals surface area (Å²) in [4.78, 5) is 0. The molecule has 108 valence electrons. The molecule has 0 atom stereocenters. The van der Waals surface area contributed by atoms with Gasteiger partial charge in [0, 0.05) is 13.6 Å². The lowest BCUT2D eigenvalue weighted by molar-refractivity contribution is 0.282. The standard InChI is InChI=1S/C14H23NO3S/c1-3-4-5-10-15(2)19(17,18)12-14-8-6-13(11-16)7-9-14/h6-9,16H,3-5,10-12H2,1-2H3. The van der Waals surface area contributed by atoms with Crippen molar-refractivity contribution in [1.29, 1.82) is 0 Å². The molecule has 4 nitrogen and oxygen atoms in total. The van der Waals surface area contributed by atoms with Gasteiger partial charge in [-0.2, -0.15) is 0 Å². The molecule has 1 rings (SSSR count). The molecule has 0 aliphatic heterocycles. The molecule has 1 aromatic rings. The third kappa shape index (κ3) is 5.30. The summed E-state index contributed by atoms with van der Waals surface area (Å²) >= 11 is 0. The average molecular weight is 285 g/mol. The van der Waals surface area contributed by atoms with Gasteiger partial charge in [-0.1, -0.05) is 44.0 Å². The first-order valence-corrected chi connectivity index (χ1v) is 8.23. The molecule has 0 amide bonds. The number of benzene rings is 1. The molecule has 1 aromatic carbocycles. The topological polar surface area (TPSA) is 57.6 Å². The number of unbranched alkanes of at least 4 members (excludes halogenated alkanes) is 2. The molecule has 0 aliphatic carbocycles. The zero-order chi connectivity index (χ0) is 14.3. The summed E-state index contributed by atoms with van der Waals surface area (Å²) in [6, 6.07) is 7.01. The molecule has 0 spiro atoms. The zero-order valence-electron chi connectivity index (χ0n) is 11.7. The molecule has 0 saturated carbocycles. The maximum atomic E-state index is 12.1. The number of aliphatic hydroxyl groups excluding tert-OH is 1. The Labute approximate surface area is 116 Å². The van der Waals surface area contributed by atoms with Crippen LogP contribution in [0.15, 0.2) is 24.3 Å². The van der Waals surface area contributed by atoms with E-state index in [1.54, 1.807) is 31.3 Å². The fourth-order valence-electron chi connectivity index (χ4n) is 1.79. The lowest BCUT2D eigenvalue weighted by atomic mass is 10.2. The normalized spacial score (nSPS) is 12.0. The highest BCUT2D eigenvalue weighted by atomic mass is 32.2. The quantitative estimate of drug-likeness (QED) is 0.744. The van der Waals surface area contributed by atoms with Crippen molar-refractivity contribution >= 4 is 10.0 Å². The molecular formula is C14H23NO3S. The minimum Gasteiger partial charge on any atom is -0.392 e. The summed E-state index contributed by atoms with van der Waals surface area (Å²) in [7, 11) is -1.61. The molecule has 19 heavy (non-hydrogen) atoms. The average Bonchev–Trinajstić information content (AvgIpc) is 2.39. The maximum absolute atomic E-state index is 12.1. The Morgan fingerprint density at radius 1 is 1.11 bits per heavy atom. The Hall–Kier alpha value is -0.910. The van der Waals surface area contributed by atoms with E-state index in [1.165, 1.54) is 4.31 Å². The fraction of sp³-hybridized carbons (Fsp3) is 0.571. The van der Waals surface area contributed by atoms with Crippen molar-refractivity contribution in [2.75, 3.05) is 13.6 Å². The van der Waals surface area contributed by atoms with Gasteiger partial charge >= 0.3 is 0 Å². The molecule has 0 aromatic heterocycles. The molecule has 0 aliphatic rings. The van der Waals surface area contributed by atoms with Gasteiger partial charge in [-0.05, 0) is 17.5 Å². The highest BCUT2D eigenvalue weighted by molar-refractivity contribution is 7.88. The second-order valence-corrected chi connectivity index (χ2v) is 6.84. The summed E-state index contributed by atoms with van der Waals surface area (Å²) in [5.41, 5.74) is 1.54. The minimum atomic E-state index is -3.24. The van der Waals surface area contributed by atoms with Gasteiger partial charge in [0.15, 0.2) is 0 Å². The van der Waals surface area contributed by atoms with Crippen LogP contribution in [0.3, 0.4) is 0 Å². The predicted octanol–water partition coefficient (Wildman–Crippen LogP) is 2.13. The van der Waals surface area contributed by atoms with E-state index in [4.69, 9.17) is 5.11 Å². The van der Waals surface area contributed by atoms with E-state index in [1.807, 2.05) is 0 Å². The van der Waals surface area contributed by atoms with Crippen molar-refractivity contribution in [3.8, 4) is 0 Å². The van der Waals surface area contributed by atoms with Gasteiger partial charge in [-0.25, -0.2) is 12.7 Å². The molecule has 0 saturated heterocycles. The first-order chi connectivity index (χ1) is 8.99. The molecule has 0 bridgehead atoms. The van der Waals surface area contributed by atoms with Crippen molar-refractivity contribution in [3.63, 3.8) is 0 Å². The van der Waals surface area contributed by atoms with E-state index in [-0.39, 0.29) is 12.4 Å². The second kappa shape index (κ2) is 7.62. The van der Waals surface area contributed by atoms with Gasteiger partial charge in [-0.15, -0.1) is 0 Å². The molecule has 5 heteroatoms. The van der Waals surface area contributed by atoms with Gasteiger partial charge in [0.1, 0.15) is 0 Å². The van der Waals surface area contributed by atoms with E-state index >= 15 is 0 Å². The third-order valence-corrected chi connectivity index (χ3v) is 4.94. The number of hydrogen-bond donors (Lipinski definition) is 1. The van der Waals surface area contributed by atoms with Crippen molar-refractivity contribution in [3.05, 3.63) is 35.4 Å². The van der Waals surface area contributed by atoms with Crippen molar-refractivity contribution < 1.29 is 13.5 Å². The van der Waals surface area contributed by atoms with Crippen LogP contribution < -0.4 is 0 Å². The van der Waals surface area contributed by atoms with Crippen LogP contribution in [-0.2, 0) is 22.4 Å². The van der Waals surface area contributed by atoms with Crippen LogP contribution in [0.2, 0.25) is 0 Å². The first-order valence-electron chi connectivity index (χ1n) is 6.62. The van der Waals surface area contributed by atoms with Crippen molar-refractivity contribution in [2.24, 2.45) is 0 Å². The molecule has 0 unspecified atom stereocenters. The highest BCUT2D eigenvalue weighted by Crippen LogP contribution is 2.12. The SMILES string of the molecule is CCCCCN(C)S(=O)(=O)Cc1ccc(CO)cc1. The van der Waals surface area contributed by atoms with Gasteiger partial charge in [-0.3, -0.25) is 0 Å². The zero-order valence-corrected chi connectivity index (χ0v) is 12.5. The Morgan fingerprint density at radius 2 is 1.68 bits per heavy atom. The van der Waals surface area contributed by atoms with Crippen LogP contribution >= 0.6 is 0 Å². The van der Waals surface area contributed by atoms with Crippen molar-refractivity contribution in [2.45, 2.75) is 38.5 Å². The summed E-state index contributed by atoms with van der Waals surface area (Å²) in [6.45, 7) is 2.64. The highest BCUT2D eigenvalue weighted by Gasteiger charge is 2.17. The molecular weight excluding hydrogens is 262 g/mol. The third-order valence-electron chi connectivity index (χ3n) is 3.11. The molecule has 0 fully saturated rings. The molecule has 0 radical (unpaired) electrons. The lowest BCUT2D eigenvalue weighted by Gasteiger charge is -2.17. The number of hydrogen-bond acceptors (Lipinski definition) is 3. The van der Waals surface area contributed by atoms with Gasteiger partial charge in [0.2, 0.25) is 10.0 Å². The van der Waals surface area contributed by atoms with E-state index in [9.17, 15) is 8.42 Å². The van der Waals surface area contributed by atoms with Crippen molar-refractivity contribution in [1.82, 2.24) is 4.31 Å².